The predicted molar refractivity (Wildman–Crippen MR) is 108 cm³/mol. The molecule has 0 radical (unpaired) electrons. The Morgan fingerprint density at radius 2 is 1.96 bits per heavy atom. The maximum atomic E-state index is 12.5. The normalized spacial score (nSPS) is 16.9. The Kier molecular flexibility index (Phi) is 5.65. The number of carbonyl (C=O) groups excluding carboxylic acids is 1. The van der Waals surface area contributed by atoms with Gasteiger partial charge in [0, 0.05) is 24.2 Å². The highest BCUT2D eigenvalue weighted by atomic mass is 35.5. The van der Waals surface area contributed by atoms with Gasteiger partial charge in [-0.25, -0.2) is 0 Å². The molecule has 1 heterocycles. The number of aryl methyl sites for hydroxylation is 1. The van der Waals surface area contributed by atoms with Crippen molar-refractivity contribution in [2.24, 2.45) is 0 Å². The molecule has 1 saturated heterocycles. The summed E-state index contributed by atoms with van der Waals surface area (Å²) in [4.78, 5) is 25.7. The smallest absolute Gasteiger partial charge is 0.294 e. The SMILES string of the molecule is Cc1ccc(C(=O)Nc2cc(N3CCCC[C@H]3C)c([N+](=O)[O-])cc2Cl)cc1. The summed E-state index contributed by atoms with van der Waals surface area (Å²) in [5, 5.41) is 14.5. The summed E-state index contributed by atoms with van der Waals surface area (Å²) in [6.07, 6.45) is 3.07. The van der Waals surface area contributed by atoms with E-state index in [-0.39, 0.29) is 22.7 Å². The van der Waals surface area contributed by atoms with Gasteiger partial charge in [-0.1, -0.05) is 29.3 Å². The molecule has 0 saturated carbocycles. The van der Waals surface area contributed by atoms with Gasteiger partial charge in [0.05, 0.1) is 15.6 Å². The first-order chi connectivity index (χ1) is 12.9. The third-order valence-corrected chi connectivity index (χ3v) is 5.25. The molecule has 27 heavy (non-hydrogen) atoms. The van der Waals surface area contributed by atoms with Gasteiger partial charge in [0.2, 0.25) is 0 Å². The maximum Gasteiger partial charge on any atom is 0.294 e. The number of hydrogen-bond acceptors (Lipinski definition) is 4. The third kappa shape index (κ3) is 4.22. The number of amides is 1. The number of rotatable bonds is 4. The first-order valence-corrected chi connectivity index (χ1v) is 9.37. The summed E-state index contributed by atoms with van der Waals surface area (Å²) in [6.45, 7) is 4.75. The van der Waals surface area contributed by atoms with E-state index in [9.17, 15) is 14.9 Å². The number of anilines is 2. The van der Waals surface area contributed by atoms with E-state index >= 15 is 0 Å². The molecule has 1 aliphatic rings. The van der Waals surface area contributed by atoms with E-state index < -0.39 is 4.92 Å². The average molecular weight is 388 g/mol. The summed E-state index contributed by atoms with van der Waals surface area (Å²) in [5.74, 6) is -0.302. The van der Waals surface area contributed by atoms with E-state index in [0.717, 1.165) is 31.4 Å². The van der Waals surface area contributed by atoms with Crippen molar-refractivity contribution in [3.8, 4) is 0 Å². The molecule has 142 valence electrons. The van der Waals surface area contributed by atoms with Crippen molar-refractivity contribution in [3.63, 3.8) is 0 Å². The highest BCUT2D eigenvalue weighted by Gasteiger charge is 2.27. The minimum atomic E-state index is -0.423. The van der Waals surface area contributed by atoms with Crippen LogP contribution in [-0.4, -0.2) is 23.4 Å². The zero-order valence-corrected chi connectivity index (χ0v) is 16.1. The van der Waals surface area contributed by atoms with Crippen LogP contribution >= 0.6 is 11.6 Å². The number of halogens is 1. The fourth-order valence-corrected chi connectivity index (χ4v) is 3.58. The molecular weight excluding hydrogens is 366 g/mol. The number of piperidine rings is 1. The molecule has 1 fully saturated rings. The third-order valence-electron chi connectivity index (χ3n) is 4.94. The molecular formula is C20H22ClN3O3. The second-order valence-corrected chi connectivity index (χ2v) is 7.34. The van der Waals surface area contributed by atoms with Gasteiger partial charge in [0.15, 0.2) is 0 Å². The molecule has 1 N–H and O–H groups in total. The Morgan fingerprint density at radius 1 is 1.26 bits per heavy atom. The Hall–Kier alpha value is -2.60. The molecule has 3 rings (SSSR count). The van der Waals surface area contributed by atoms with Gasteiger partial charge in [-0.05, 0) is 51.3 Å². The zero-order valence-electron chi connectivity index (χ0n) is 15.4. The molecule has 1 aliphatic heterocycles. The van der Waals surface area contributed by atoms with Crippen LogP contribution in [0.3, 0.4) is 0 Å². The number of nitro groups is 1. The van der Waals surface area contributed by atoms with E-state index in [1.807, 2.05) is 24.0 Å². The number of nitro benzene ring substituents is 1. The van der Waals surface area contributed by atoms with Gasteiger partial charge in [-0.3, -0.25) is 14.9 Å². The Labute approximate surface area is 163 Å². The molecule has 2 aromatic carbocycles. The van der Waals surface area contributed by atoms with Crippen LogP contribution in [0.15, 0.2) is 36.4 Å². The van der Waals surface area contributed by atoms with Crippen molar-refractivity contribution in [3.05, 3.63) is 62.7 Å². The van der Waals surface area contributed by atoms with Gasteiger partial charge in [-0.2, -0.15) is 0 Å². The number of nitrogens with one attached hydrogen (secondary N) is 1. The van der Waals surface area contributed by atoms with Crippen molar-refractivity contribution in [2.45, 2.75) is 39.2 Å². The van der Waals surface area contributed by atoms with Crippen LogP contribution in [0.1, 0.15) is 42.1 Å². The molecule has 0 aromatic heterocycles. The molecule has 0 spiro atoms. The van der Waals surface area contributed by atoms with Crippen molar-refractivity contribution in [1.29, 1.82) is 0 Å². The molecule has 7 heteroatoms. The lowest BCUT2D eigenvalue weighted by atomic mass is 10.0. The summed E-state index contributed by atoms with van der Waals surface area (Å²) in [7, 11) is 0. The van der Waals surface area contributed by atoms with Crippen molar-refractivity contribution >= 4 is 34.6 Å². The number of benzene rings is 2. The summed E-state index contributed by atoms with van der Waals surface area (Å²) >= 11 is 6.24. The highest BCUT2D eigenvalue weighted by molar-refractivity contribution is 6.34. The quantitative estimate of drug-likeness (QED) is 0.578. The first kappa shape index (κ1) is 19.2. The largest absolute Gasteiger partial charge is 0.363 e. The van der Waals surface area contributed by atoms with E-state index in [1.165, 1.54) is 6.07 Å². The van der Waals surface area contributed by atoms with Crippen LogP contribution in [0, 0.1) is 17.0 Å². The van der Waals surface area contributed by atoms with Crippen LogP contribution in [-0.2, 0) is 0 Å². The second-order valence-electron chi connectivity index (χ2n) is 6.94. The Bertz CT molecular complexity index is 868. The van der Waals surface area contributed by atoms with Crippen LogP contribution in [0.5, 0.6) is 0 Å². The molecule has 0 bridgehead atoms. The van der Waals surface area contributed by atoms with Gasteiger partial charge in [0.1, 0.15) is 5.69 Å². The molecule has 6 nitrogen and oxygen atoms in total. The minimum absolute atomic E-state index is 0.0397. The van der Waals surface area contributed by atoms with Gasteiger partial charge < -0.3 is 10.2 Å². The van der Waals surface area contributed by atoms with Crippen molar-refractivity contribution in [2.75, 3.05) is 16.8 Å². The molecule has 1 atom stereocenters. The predicted octanol–water partition coefficient (Wildman–Crippen LogP) is 5.19. The van der Waals surface area contributed by atoms with Crippen molar-refractivity contribution in [1.82, 2.24) is 0 Å². The molecule has 2 aromatic rings. The van der Waals surface area contributed by atoms with Crippen LogP contribution in [0.2, 0.25) is 5.02 Å². The fourth-order valence-electron chi connectivity index (χ4n) is 3.38. The minimum Gasteiger partial charge on any atom is -0.363 e. The lowest BCUT2D eigenvalue weighted by molar-refractivity contribution is -0.384. The van der Waals surface area contributed by atoms with Crippen LogP contribution < -0.4 is 10.2 Å². The summed E-state index contributed by atoms with van der Waals surface area (Å²) < 4.78 is 0. The Morgan fingerprint density at radius 3 is 2.59 bits per heavy atom. The molecule has 1 amide bonds. The summed E-state index contributed by atoms with van der Waals surface area (Å²) in [5.41, 5.74) is 2.39. The van der Waals surface area contributed by atoms with Gasteiger partial charge in [0.25, 0.3) is 11.6 Å². The topological polar surface area (TPSA) is 75.5 Å². The summed E-state index contributed by atoms with van der Waals surface area (Å²) in [6, 6.07) is 10.3. The van der Waals surface area contributed by atoms with E-state index in [0.29, 0.717) is 16.9 Å². The van der Waals surface area contributed by atoms with E-state index in [4.69, 9.17) is 11.6 Å². The van der Waals surface area contributed by atoms with Gasteiger partial charge in [-0.15, -0.1) is 0 Å². The van der Waals surface area contributed by atoms with Crippen LogP contribution in [0.25, 0.3) is 0 Å². The standard InChI is InChI=1S/C20H22ClN3O3/c1-13-6-8-15(9-7-13)20(25)22-17-12-18(19(24(26)27)11-16(17)21)23-10-4-3-5-14(23)2/h6-9,11-12,14H,3-5,10H2,1-2H3,(H,22,25)/t14-/m1/s1. The fraction of sp³-hybridized carbons (Fsp3) is 0.350. The second kappa shape index (κ2) is 7.96. The average Bonchev–Trinajstić information content (AvgIpc) is 2.64. The van der Waals surface area contributed by atoms with E-state index in [1.54, 1.807) is 18.2 Å². The van der Waals surface area contributed by atoms with Gasteiger partial charge >= 0.3 is 0 Å². The monoisotopic (exact) mass is 387 g/mol. The lowest BCUT2D eigenvalue weighted by Crippen LogP contribution is -2.37. The molecule has 0 unspecified atom stereocenters. The Balaban J connectivity index is 1.95. The maximum absolute atomic E-state index is 12.5. The van der Waals surface area contributed by atoms with Crippen molar-refractivity contribution < 1.29 is 9.72 Å². The highest BCUT2D eigenvalue weighted by Crippen LogP contribution is 2.39. The molecule has 0 aliphatic carbocycles. The number of carbonyl (C=O) groups is 1. The number of nitrogens with zero attached hydrogens (tertiary/aromatic N) is 2. The number of hydrogen-bond donors (Lipinski definition) is 1. The zero-order chi connectivity index (χ0) is 19.6. The first-order valence-electron chi connectivity index (χ1n) is 8.99. The van der Waals surface area contributed by atoms with E-state index in [2.05, 4.69) is 12.2 Å². The van der Waals surface area contributed by atoms with Crippen LogP contribution in [0.4, 0.5) is 17.1 Å². The lowest BCUT2D eigenvalue weighted by Gasteiger charge is -2.35.